The molecule has 29 heavy (non-hydrogen) atoms. The van der Waals surface area contributed by atoms with Crippen LogP contribution in [0.15, 0.2) is 41.4 Å². The van der Waals surface area contributed by atoms with Gasteiger partial charge in [-0.05, 0) is 44.4 Å². The average molecular weight is 419 g/mol. The summed E-state index contributed by atoms with van der Waals surface area (Å²) in [6.45, 7) is 2.96. The smallest absolute Gasteiger partial charge is 0.270 e. The summed E-state index contributed by atoms with van der Waals surface area (Å²) < 4.78 is 26.5. The van der Waals surface area contributed by atoms with Crippen LogP contribution in [0.1, 0.15) is 35.3 Å². The number of aromatic amines is 1. The minimum absolute atomic E-state index is 0.0384. The number of likely N-dealkylation sites (tertiary alicyclic amines) is 1. The fourth-order valence-corrected chi connectivity index (χ4v) is 4.34. The number of nitrogens with one attached hydrogen (secondary N) is 2. The Morgan fingerprint density at radius 3 is 2.45 bits per heavy atom. The zero-order valence-electron chi connectivity index (χ0n) is 16.6. The largest absolute Gasteiger partial charge is 0.356 e. The molecule has 8 nitrogen and oxygen atoms in total. The molecule has 0 unspecified atom stereocenters. The normalized spacial score (nSPS) is 14.8. The number of aromatic nitrogens is 1. The average Bonchev–Trinajstić information content (AvgIpc) is 3.21. The zero-order valence-corrected chi connectivity index (χ0v) is 17.5. The van der Waals surface area contributed by atoms with Gasteiger partial charge in [-0.25, -0.2) is 8.42 Å². The summed E-state index contributed by atoms with van der Waals surface area (Å²) in [5.74, 6) is -0.647. The Morgan fingerprint density at radius 2 is 1.79 bits per heavy atom. The van der Waals surface area contributed by atoms with Crippen LogP contribution < -0.4 is 5.32 Å². The van der Waals surface area contributed by atoms with Gasteiger partial charge < -0.3 is 15.2 Å². The molecule has 0 atom stereocenters. The summed E-state index contributed by atoms with van der Waals surface area (Å²) in [7, 11) is -2.57. The fourth-order valence-electron chi connectivity index (χ4n) is 3.22. The van der Waals surface area contributed by atoms with Gasteiger partial charge >= 0.3 is 0 Å². The molecule has 2 aromatic rings. The first-order chi connectivity index (χ1) is 13.8. The van der Waals surface area contributed by atoms with Crippen LogP contribution in [0.4, 0.5) is 5.69 Å². The van der Waals surface area contributed by atoms with Crippen LogP contribution in [0, 0.1) is 6.92 Å². The predicted octanol–water partition coefficient (Wildman–Crippen LogP) is 2.21. The van der Waals surface area contributed by atoms with E-state index in [0.29, 0.717) is 18.8 Å². The quantitative estimate of drug-likeness (QED) is 0.751. The Kier molecular flexibility index (Phi) is 6.39. The standard InChI is InChI=1S/C20H26N4O4S/c1-15-6-8-16(9-7-15)22-19(25)14-23(2)29(27,28)17-12-18(21-13-17)20(26)24-10-4-3-5-11-24/h6-9,12-13,21H,3-5,10-11,14H2,1-2H3,(H,22,25). The number of H-pyrrole nitrogens is 1. The molecule has 1 saturated heterocycles. The van der Waals surface area contributed by atoms with E-state index in [2.05, 4.69) is 10.3 Å². The highest BCUT2D eigenvalue weighted by Crippen LogP contribution is 2.18. The molecule has 156 valence electrons. The molecule has 0 bridgehead atoms. The van der Waals surface area contributed by atoms with Gasteiger partial charge in [-0.15, -0.1) is 0 Å². The van der Waals surface area contributed by atoms with E-state index in [0.717, 1.165) is 29.1 Å². The summed E-state index contributed by atoms with van der Waals surface area (Å²) in [6.07, 6.45) is 4.30. The Hall–Kier alpha value is -2.65. The minimum atomic E-state index is -3.91. The topological polar surface area (TPSA) is 103 Å². The Morgan fingerprint density at radius 1 is 1.14 bits per heavy atom. The van der Waals surface area contributed by atoms with Crippen molar-refractivity contribution in [2.45, 2.75) is 31.1 Å². The summed E-state index contributed by atoms with van der Waals surface area (Å²) >= 11 is 0. The molecule has 2 N–H and O–H groups in total. The van der Waals surface area contributed by atoms with Crippen LogP contribution in [0.2, 0.25) is 0 Å². The van der Waals surface area contributed by atoms with Crippen LogP contribution in [0.3, 0.4) is 0 Å². The lowest BCUT2D eigenvalue weighted by molar-refractivity contribution is -0.116. The van der Waals surface area contributed by atoms with Gasteiger partial charge in [0.2, 0.25) is 15.9 Å². The first-order valence-electron chi connectivity index (χ1n) is 9.58. The van der Waals surface area contributed by atoms with Gasteiger partial charge in [0, 0.05) is 32.0 Å². The first kappa shape index (κ1) is 21.1. The maximum atomic E-state index is 12.8. The zero-order chi connectivity index (χ0) is 21.0. The second kappa shape index (κ2) is 8.79. The summed E-state index contributed by atoms with van der Waals surface area (Å²) in [4.78, 5) is 29.2. The molecule has 0 radical (unpaired) electrons. The Labute approximate surface area is 170 Å². The first-order valence-corrected chi connectivity index (χ1v) is 11.0. The van der Waals surface area contributed by atoms with Crippen molar-refractivity contribution in [1.29, 1.82) is 0 Å². The van der Waals surface area contributed by atoms with Crippen molar-refractivity contribution in [2.24, 2.45) is 0 Å². The van der Waals surface area contributed by atoms with Gasteiger partial charge in [-0.3, -0.25) is 9.59 Å². The van der Waals surface area contributed by atoms with Crippen molar-refractivity contribution in [3.05, 3.63) is 47.8 Å². The second-order valence-corrected chi connectivity index (χ2v) is 9.32. The number of piperidine rings is 1. The number of hydrogen-bond donors (Lipinski definition) is 2. The van der Waals surface area contributed by atoms with E-state index in [9.17, 15) is 18.0 Å². The molecule has 1 fully saturated rings. The lowest BCUT2D eigenvalue weighted by Gasteiger charge is -2.26. The van der Waals surface area contributed by atoms with Gasteiger partial charge in [0.05, 0.1) is 6.54 Å². The summed E-state index contributed by atoms with van der Waals surface area (Å²) in [5, 5.41) is 2.68. The fraction of sp³-hybridized carbons (Fsp3) is 0.400. The lowest BCUT2D eigenvalue weighted by atomic mass is 10.1. The number of carbonyl (C=O) groups excluding carboxylic acids is 2. The second-order valence-electron chi connectivity index (χ2n) is 7.28. The molecule has 3 rings (SSSR count). The third kappa shape index (κ3) is 5.04. The van der Waals surface area contributed by atoms with Crippen molar-refractivity contribution < 1.29 is 18.0 Å². The Bertz CT molecular complexity index is 976. The van der Waals surface area contributed by atoms with Crippen molar-refractivity contribution in [3.63, 3.8) is 0 Å². The molecule has 0 saturated carbocycles. The van der Waals surface area contributed by atoms with Crippen molar-refractivity contribution in [2.75, 3.05) is 32.0 Å². The number of sulfonamides is 1. The van der Waals surface area contributed by atoms with Crippen LogP contribution in [-0.4, -0.2) is 61.1 Å². The van der Waals surface area contributed by atoms with Crippen molar-refractivity contribution in [3.8, 4) is 0 Å². The van der Waals surface area contributed by atoms with E-state index in [4.69, 9.17) is 0 Å². The third-order valence-electron chi connectivity index (χ3n) is 4.94. The van der Waals surface area contributed by atoms with E-state index in [-0.39, 0.29) is 23.0 Å². The Balaban J connectivity index is 1.64. The number of rotatable bonds is 6. The maximum Gasteiger partial charge on any atom is 0.270 e. The van der Waals surface area contributed by atoms with E-state index < -0.39 is 15.9 Å². The highest BCUT2D eigenvalue weighted by atomic mass is 32.2. The molecule has 1 aromatic heterocycles. The number of nitrogens with zero attached hydrogens (tertiary/aromatic N) is 2. The summed E-state index contributed by atoms with van der Waals surface area (Å²) in [5.41, 5.74) is 1.90. The molecule has 0 aliphatic carbocycles. The van der Waals surface area contributed by atoms with E-state index in [1.165, 1.54) is 19.3 Å². The number of hydrogen-bond acceptors (Lipinski definition) is 4. The van der Waals surface area contributed by atoms with Gasteiger partial charge in [-0.1, -0.05) is 17.7 Å². The predicted molar refractivity (Wildman–Crippen MR) is 110 cm³/mol. The molecule has 0 spiro atoms. The monoisotopic (exact) mass is 418 g/mol. The van der Waals surface area contributed by atoms with Gasteiger partial charge in [-0.2, -0.15) is 4.31 Å². The highest BCUT2D eigenvalue weighted by molar-refractivity contribution is 7.89. The van der Waals surface area contributed by atoms with Crippen LogP contribution in [-0.2, 0) is 14.8 Å². The number of anilines is 1. The van der Waals surface area contributed by atoms with Gasteiger partial charge in [0.1, 0.15) is 10.6 Å². The van der Waals surface area contributed by atoms with Gasteiger partial charge in [0.25, 0.3) is 5.91 Å². The number of carbonyl (C=O) groups is 2. The molecular weight excluding hydrogens is 392 g/mol. The molecule has 2 heterocycles. The lowest BCUT2D eigenvalue weighted by Crippen LogP contribution is -2.36. The number of benzene rings is 1. The maximum absolute atomic E-state index is 12.8. The van der Waals surface area contributed by atoms with E-state index >= 15 is 0 Å². The van der Waals surface area contributed by atoms with E-state index in [1.54, 1.807) is 17.0 Å². The van der Waals surface area contributed by atoms with Gasteiger partial charge in [0.15, 0.2) is 0 Å². The molecule has 9 heteroatoms. The summed E-state index contributed by atoms with van der Waals surface area (Å²) in [6, 6.07) is 8.56. The highest BCUT2D eigenvalue weighted by Gasteiger charge is 2.27. The molecule has 1 aromatic carbocycles. The number of likely N-dealkylation sites (N-methyl/N-ethyl adjacent to an activating group) is 1. The van der Waals surface area contributed by atoms with Crippen LogP contribution in [0.5, 0.6) is 0 Å². The number of amides is 2. The number of aryl methyl sites for hydroxylation is 1. The van der Waals surface area contributed by atoms with Crippen LogP contribution in [0.25, 0.3) is 0 Å². The molecule has 2 amide bonds. The molecule has 1 aliphatic heterocycles. The molecule has 1 aliphatic rings. The molecular formula is C20H26N4O4S. The SMILES string of the molecule is Cc1ccc(NC(=O)CN(C)S(=O)(=O)c2c[nH]c(C(=O)N3CCCCC3)c2)cc1. The van der Waals surface area contributed by atoms with Crippen LogP contribution >= 0.6 is 0 Å². The van der Waals surface area contributed by atoms with Crippen molar-refractivity contribution in [1.82, 2.24) is 14.2 Å². The van der Waals surface area contributed by atoms with E-state index in [1.807, 2.05) is 19.1 Å². The minimum Gasteiger partial charge on any atom is -0.356 e. The van der Waals surface area contributed by atoms with Crippen molar-refractivity contribution >= 4 is 27.5 Å². The third-order valence-corrected chi connectivity index (χ3v) is 6.72.